The predicted molar refractivity (Wildman–Crippen MR) is 140 cm³/mol. The molecule has 1 aliphatic rings. The Kier molecular flexibility index (Phi) is 6.71. The van der Waals surface area contributed by atoms with Crippen LogP contribution in [0, 0.1) is 0 Å². The number of quaternary nitrogens is 1. The quantitative estimate of drug-likeness (QED) is 0.305. The minimum atomic E-state index is -1.58. The molecule has 0 bridgehead atoms. The van der Waals surface area contributed by atoms with E-state index in [9.17, 15) is 9.59 Å². The fourth-order valence-corrected chi connectivity index (χ4v) is 4.60. The summed E-state index contributed by atoms with van der Waals surface area (Å²) in [5.41, 5.74) is 1.09. The molecule has 0 fully saturated rings. The lowest BCUT2D eigenvalue weighted by atomic mass is 9.94. The van der Waals surface area contributed by atoms with Gasteiger partial charge in [0.2, 0.25) is 5.91 Å². The van der Waals surface area contributed by atoms with Crippen LogP contribution in [0.15, 0.2) is 96.1 Å². The van der Waals surface area contributed by atoms with Gasteiger partial charge in [-0.25, -0.2) is 4.59 Å². The second-order valence-corrected chi connectivity index (χ2v) is 8.78. The van der Waals surface area contributed by atoms with Gasteiger partial charge in [-0.2, -0.15) is 15.1 Å². The second kappa shape index (κ2) is 9.72. The molecule has 2 amide bonds. The largest absolute Gasteiger partial charge is 0.316 e. The highest BCUT2D eigenvalue weighted by Gasteiger charge is 2.62. The Bertz CT molecular complexity index is 1210. The van der Waals surface area contributed by atoms with Gasteiger partial charge in [-0.05, 0) is 38.1 Å². The molecule has 0 saturated heterocycles. The standard InChI is InChI=1S/C28H31N5O2/c1-5-33(4,6-2)32(25-20-14-9-15-21-25)28(29-22(3)34)26(23-16-10-7-11-17-23)30-31(27(28)35)24-18-12-8-13-19-24/h7-21H,5-6H2,1-4H3/p+1. The van der Waals surface area contributed by atoms with Crippen LogP contribution in [0.5, 0.6) is 0 Å². The molecule has 35 heavy (non-hydrogen) atoms. The van der Waals surface area contributed by atoms with E-state index in [1.165, 1.54) is 11.9 Å². The first-order valence-electron chi connectivity index (χ1n) is 11.9. The summed E-state index contributed by atoms with van der Waals surface area (Å²) in [6, 6.07) is 28.6. The van der Waals surface area contributed by atoms with Crippen LogP contribution in [0.25, 0.3) is 0 Å². The third-order valence-electron chi connectivity index (χ3n) is 6.61. The number of benzene rings is 3. The Labute approximate surface area is 206 Å². The highest BCUT2D eigenvalue weighted by molar-refractivity contribution is 6.30. The molecule has 7 heteroatoms. The van der Waals surface area contributed by atoms with E-state index in [1.54, 1.807) is 0 Å². The summed E-state index contributed by atoms with van der Waals surface area (Å²) in [6.45, 7) is 6.97. The number of hydrazone groups is 1. The molecule has 1 unspecified atom stereocenters. The van der Waals surface area contributed by atoms with Gasteiger partial charge in [-0.15, -0.1) is 0 Å². The van der Waals surface area contributed by atoms with Gasteiger partial charge in [0, 0.05) is 12.5 Å². The topological polar surface area (TPSA) is 65.0 Å². The summed E-state index contributed by atoms with van der Waals surface area (Å²) in [5, 5.41) is 11.4. The Hall–Kier alpha value is -3.97. The van der Waals surface area contributed by atoms with Crippen molar-refractivity contribution in [2.24, 2.45) is 5.10 Å². The molecule has 1 aliphatic heterocycles. The lowest BCUT2D eigenvalue weighted by Gasteiger charge is -2.50. The van der Waals surface area contributed by atoms with E-state index in [2.05, 4.69) is 26.2 Å². The molecule has 1 heterocycles. The van der Waals surface area contributed by atoms with Crippen molar-refractivity contribution in [1.29, 1.82) is 0 Å². The van der Waals surface area contributed by atoms with Crippen molar-refractivity contribution in [3.8, 4) is 0 Å². The molecule has 0 spiro atoms. The second-order valence-electron chi connectivity index (χ2n) is 8.78. The Morgan fingerprint density at radius 1 is 0.914 bits per heavy atom. The van der Waals surface area contributed by atoms with Crippen LogP contribution in [-0.4, -0.2) is 47.9 Å². The first kappa shape index (κ1) is 24.2. The summed E-state index contributed by atoms with van der Waals surface area (Å²) >= 11 is 0. The number of rotatable bonds is 8. The van der Waals surface area contributed by atoms with Crippen molar-refractivity contribution in [3.63, 3.8) is 0 Å². The molecule has 0 aliphatic carbocycles. The zero-order chi connectivity index (χ0) is 25.1. The summed E-state index contributed by atoms with van der Waals surface area (Å²) in [5.74, 6) is -0.663. The molecule has 0 radical (unpaired) electrons. The molecule has 1 atom stereocenters. The SMILES string of the molecule is CC[N+](C)(CC)N(c1ccccc1)C1(NC(C)=O)C(=O)N(c2ccccc2)N=C1c1ccccc1. The molecule has 0 saturated carbocycles. The van der Waals surface area contributed by atoms with Crippen LogP contribution >= 0.6 is 0 Å². The average molecular weight is 471 g/mol. The fourth-order valence-electron chi connectivity index (χ4n) is 4.60. The number of hydrogen-bond donors (Lipinski definition) is 1. The van der Waals surface area contributed by atoms with Crippen LogP contribution in [0.4, 0.5) is 11.4 Å². The van der Waals surface area contributed by atoms with Crippen LogP contribution in [0.3, 0.4) is 0 Å². The van der Waals surface area contributed by atoms with E-state index in [-0.39, 0.29) is 11.8 Å². The van der Waals surface area contributed by atoms with Gasteiger partial charge < -0.3 is 5.32 Å². The molecular formula is C28H32N5O2+. The highest BCUT2D eigenvalue weighted by atomic mass is 16.2. The van der Waals surface area contributed by atoms with Gasteiger partial charge in [-0.3, -0.25) is 9.59 Å². The maximum absolute atomic E-state index is 14.6. The van der Waals surface area contributed by atoms with Crippen LogP contribution in [0.1, 0.15) is 26.3 Å². The number of carbonyl (C=O) groups excluding carboxylic acids is 2. The molecule has 3 aromatic carbocycles. The number of carbonyl (C=O) groups is 2. The van der Waals surface area contributed by atoms with Crippen LogP contribution in [0.2, 0.25) is 0 Å². The number of nitrogens with zero attached hydrogens (tertiary/aromatic N) is 4. The normalized spacial score (nSPS) is 17.8. The third-order valence-corrected chi connectivity index (χ3v) is 6.61. The van der Waals surface area contributed by atoms with Gasteiger partial charge in [0.05, 0.1) is 31.5 Å². The first-order chi connectivity index (χ1) is 16.9. The smallest absolute Gasteiger partial charge is 0.306 e. The van der Waals surface area contributed by atoms with Gasteiger partial charge in [0.15, 0.2) is 0 Å². The number of hydrogen-bond acceptors (Lipinski definition) is 4. The minimum Gasteiger partial charge on any atom is -0.316 e. The van der Waals surface area contributed by atoms with E-state index in [4.69, 9.17) is 5.10 Å². The van der Waals surface area contributed by atoms with Crippen molar-refractivity contribution in [2.45, 2.75) is 26.4 Å². The number of nitrogens with one attached hydrogen (secondary N) is 1. The van der Waals surface area contributed by atoms with Gasteiger partial charge >= 0.3 is 5.91 Å². The molecule has 0 aromatic heterocycles. The first-order valence-corrected chi connectivity index (χ1v) is 11.9. The van der Waals surface area contributed by atoms with Gasteiger partial charge in [0.1, 0.15) is 5.71 Å². The molecular weight excluding hydrogens is 438 g/mol. The van der Waals surface area contributed by atoms with E-state index >= 15 is 0 Å². The van der Waals surface area contributed by atoms with Crippen molar-refractivity contribution < 1.29 is 14.2 Å². The molecule has 180 valence electrons. The molecule has 3 aromatic rings. The van der Waals surface area contributed by atoms with Crippen molar-refractivity contribution >= 4 is 28.9 Å². The van der Waals surface area contributed by atoms with Crippen molar-refractivity contribution in [3.05, 3.63) is 96.6 Å². The predicted octanol–water partition coefficient (Wildman–Crippen LogP) is 4.18. The maximum Gasteiger partial charge on any atom is 0.306 e. The minimum absolute atomic E-state index is 0.323. The van der Waals surface area contributed by atoms with Gasteiger partial charge in [-0.1, -0.05) is 66.7 Å². The molecule has 4 rings (SSSR count). The monoisotopic (exact) mass is 470 g/mol. The lowest BCUT2D eigenvalue weighted by molar-refractivity contribution is -0.917. The van der Waals surface area contributed by atoms with Crippen molar-refractivity contribution in [1.82, 2.24) is 5.32 Å². The number of amides is 2. The summed E-state index contributed by atoms with van der Waals surface area (Å²) in [4.78, 5) is 27.4. The Balaban J connectivity index is 2.07. The zero-order valence-corrected chi connectivity index (χ0v) is 20.7. The Morgan fingerprint density at radius 2 is 1.43 bits per heavy atom. The molecule has 1 N–H and O–H groups in total. The third kappa shape index (κ3) is 4.19. The average Bonchev–Trinajstić information content (AvgIpc) is 3.17. The van der Waals surface area contributed by atoms with Crippen LogP contribution in [-0.2, 0) is 9.59 Å². The van der Waals surface area contributed by atoms with E-state index < -0.39 is 5.66 Å². The molecule has 7 nitrogen and oxygen atoms in total. The number of para-hydroxylation sites is 2. The summed E-state index contributed by atoms with van der Waals surface area (Å²) in [7, 11) is 2.07. The summed E-state index contributed by atoms with van der Waals surface area (Å²) in [6.07, 6.45) is 0. The van der Waals surface area contributed by atoms with Crippen LogP contribution < -0.4 is 15.3 Å². The maximum atomic E-state index is 14.6. The number of anilines is 2. The highest BCUT2D eigenvalue weighted by Crippen LogP contribution is 2.38. The van der Waals surface area contributed by atoms with E-state index in [0.29, 0.717) is 29.1 Å². The fraction of sp³-hybridized carbons (Fsp3) is 0.250. The van der Waals surface area contributed by atoms with Gasteiger partial charge in [0.25, 0.3) is 5.66 Å². The van der Waals surface area contributed by atoms with E-state index in [1.807, 2.05) is 96.0 Å². The summed E-state index contributed by atoms with van der Waals surface area (Å²) < 4.78 is 0.366. The Morgan fingerprint density at radius 3 is 1.94 bits per heavy atom. The zero-order valence-electron chi connectivity index (χ0n) is 20.7. The van der Waals surface area contributed by atoms with Crippen molar-refractivity contribution in [2.75, 3.05) is 30.2 Å². The van der Waals surface area contributed by atoms with E-state index in [0.717, 1.165) is 11.3 Å². The lowest BCUT2D eigenvalue weighted by Crippen LogP contribution is -2.78.